The van der Waals surface area contributed by atoms with Crippen molar-refractivity contribution in [2.45, 2.75) is 40.5 Å². The molecule has 24 heavy (non-hydrogen) atoms. The Morgan fingerprint density at radius 3 is 2.75 bits per heavy atom. The Bertz CT molecular complexity index is 699. The minimum absolute atomic E-state index is 0.579. The Labute approximate surface area is 147 Å². The van der Waals surface area contributed by atoms with E-state index in [4.69, 9.17) is 0 Å². The molecule has 1 unspecified atom stereocenters. The van der Waals surface area contributed by atoms with Crippen LogP contribution in [0.5, 0.6) is 0 Å². The summed E-state index contributed by atoms with van der Waals surface area (Å²) in [6.07, 6.45) is 14.8. The molecule has 1 nitrogen and oxygen atoms in total. The minimum Gasteiger partial charge on any atom is -0.261 e. The molecule has 0 fully saturated rings. The van der Waals surface area contributed by atoms with E-state index in [1.54, 1.807) is 0 Å². The summed E-state index contributed by atoms with van der Waals surface area (Å²) in [6, 6.07) is 6.58. The number of allylic oxidation sites excluding steroid dienone is 5. The van der Waals surface area contributed by atoms with Crippen LogP contribution in [0.4, 0.5) is 0 Å². The summed E-state index contributed by atoms with van der Waals surface area (Å²) in [6.45, 7) is 12.7. The van der Waals surface area contributed by atoms with Gasteiger partial charge < -0.3 is 0 Å². The van der Waals surface area contributed by atoms with Gasteiger partial charge in [0.05, 0.1) is 0 Å². The number of nitrogens with zero attached hydrogens (tertiary/aromatic N) is 1. The van der Waals surface area contributed by atoms with Crippen molar-refractivity contribution in [1.82, 2.24) is 0 Å². The normalized spacial score (nSPS) is 18.3. The lowest BCUT2D eigenvalue weighted by atomic mass is 9.86. The quantitative estimate of drug-likeness (QED) is 0.519. The first-order valence-corrected chi connectivity index (χ1v) is 8.88. The molecule has 1 heterocycles. The summed E-state index contributed by atoms with van der Waals surface area (Å²) in [7, 11) is 0. The molecule has 1 heteroatoms. The summed E-state index contributed by atoms with van der Waals surface area (Å²) in [5.41, 5.74) is 6.02. The SMILES string of the molecule is C=Cc1ccc(C(/C=C\C)=C/C)cc1C1=NC=CC(CC(C)C)C1. The monoisotopic (exact) mass is 319 g/mol. The van der Waals surface area contributed by atoms with Crippen molar-refractivity contribution < 1.29 is 0 Å². The van der Waals surface area contributed by atoms with Crippen LogP contribution in [0.2, 0.25) is 0 Å². The van der Waals surface area contributed by atoms with E-state index in [-0.39, 0.29) is 0 Å². The van der Waals surface area contributed by atoms with E-state index < -0.39 is 0 Å². The van der Waals surface area contributed by atoms with Gasteiger partial charge in [0.15, 0.2) is 0 Å². The van der Waals surface area contributed by atoms with Crippen LogP contribution in [-0.2, 0) is 0 Å². The van der Waals surface area contributed by atoms with E-state index >= 15 is 0 Å². The number of benzene rings is 1. The predicted molar refractivity (Wildman–Crippen MR) is 108 cm³/mol. The van der Waals surface area contributed by atoms with Crippen molar-refractivity contribution >= 4 is 17.4 Å². The Kier molecular flexibility index (Phi) is 6.54. The molecule has 1 aromatic rings. The largest absolute Gasteiger partial charge is 0.261 e. The molecular weight excluding hydrogens is 290 g/mol. The topological polar surface area (TPSA) is 12.4 Å². The molecule has 1 aliphatic rings. The fraction of sp³-hybridized carbons (Fsp3) is 0.348. The third-order valence-electron chi connectivity index (χ3n) is 4.39. The van der Waals surface area contributed by atoms with Crippen molar-refractivity contribution in [2.75, 3.05) is 0 Å². The predicted octanol–water partition coefficient (Wildman–Crippen LogP) is 6.68. The Morgan fingerprint density at radius 2 is 2.12 bits per heavy atom. The van der Waals surface area contributed by atoms with Crippen molar-refractivity contribution in [3.8, 4) is 0 Å². The first kappa shape index (κ1) is 18.2. The Balaban J connectivity index is 2.40. The van der Waals surface area contributed by atoms with Crippen molar-refractivity contribution in [3.05, 3.63) is 72.0 Å². The molecule has 0 bridgehead atoms. The van der Waals surface area contributed by atoms with E-state index in [9.17, 15) is 0 Å². The highest BCUT2D eigenvalue weighted by molar-refractivity contribution is 6.05. The lowest BCUT2D eigenvalue weighted by Crippen LogP contribution is -2.14. The zero-order valence-electron chi connectivity index (χ0n) is 15.4. The summed E-state index contributed by atoms with van der Waals surface area (Å²) in [5.74, 6) is 1.28. The number of hydrogen-bond acceptors (Lipinski definition) is 1. The van der Waals surface area contributed by atoms with E-state index in [1.165, 1.54) is 28.8 Å². The second kappa shape index (κ2) is 8.63. The summed E-state index contributed by atoms with van der Waals surface area (Å²) < 4.78 is 0. The average Bonchev–Trinajstić information content (AvgIpc) is 2.59. The summed E-state index contributed by atoms with van der Waals surface area (Å²) >= 11 is 0. The maximum absolute atomic E-state index is 4.69. The molecule has 2 rings (SSSR count). The molecule has 0 amide bonds. The summed E-state index contributed by atoms with van der Waals surface area (Å²) in [4.78, 5) is 4.69. The van der Waals surface area contributed by atoms with Crippen LogP contribution in [0.15, 0.2) is 60.3 Å². The van der Waals surface area contributed by atoms with E-state index in [1.807, 2.05) is 12.3 Å². The van der Waals surface area contributed by atoms with Gasteiger partial charge in [-0.1, -0.05) is 62.9 Å². The van der Waals surface area contributed by atoms with Gasteiger partial charge in [-0.15, -0.1) is 0 Å². The molecule has 0 aliphatic carbocycles. The van der Waals surface area contributed by atoms with Gasteiger partial charge in [0.1, 0.15) is 0 Å². The van der Waals surface area contributed by atoms with Gasteiger partial charge in [0, 0.05) is 17.5 Å². The molecular formula is C23H29N. The van der Waals surface area contributed by atoms with Gasteiger partial charge in [-0.2, -0.15) is 0 Å². The number of hydrogen-bond donors (Lipinski definition) is 0. The van der Waals surface area contributed by atoms with Gasteiger partial charge in [-0.3, -0.25) is 4.99 Å². The number of aliphatic imine (C=N–C) groups is 1. The van der Waals surface area contributed by atoms with Crippen LogP contribution >= 0.6 is 0 Å². The average molecular weight is 319 g/mol. The molecule has 1 atom stereocenters. The fourth-order valence-electron chi connectivity index (χ4n) is 3.27. The molecule has 0 N–H and O–H groups in total. The van der Waals surface area contributed by atoms with Crippen LogP contribution in [0.1, 0.15) is 57.2 Å². The maximum Gasteiger partial charge on any atom is 0.0487 e. The van der Waals surface area contributed by atoms with Crippen molar-refractivity contribution in [1.29, 1.82) is 0 Å². The van der Waals surface area contributed by atoms with Crippen LogP contribution in [0.25, 0.3) is 11.6 Å². The van der Waals surface area contributed by atoms with Gasteiger partial charge >= 0.3 is 0 Å². The highest BCUT2D eigenvalue weighted by atomic mass is 14.7. The van der Waals surface area contributed by atoms with Crippen molar-refractivity contribution in [3.63, 3.8) is 0 Å². The molecule has 126 valence electrons. The highest BCUT2D eigenvalue weighted by Gasteiger charge is 2.18. The Morgan fingerprint density at radius 1 is 1.33 bits per heavy atom. The second-order valence-electron chi connectivity index (χ2n) is 6.76. The lowest BCUT2D eigenvalue weighted by Gasteiger charge is -2.21. The number of rotatable bonds is 6. The third kappa shape index (κ3) is 4.44. The zero-order valence-corrected chi connectivity index (χ0v) is 15.4. The molecule has 0 aromatic heterocycles. The Hall–Kier alpha value is -2.15. The molecule has 0 radical (unpaired) electrons. The molecule has 1 aliphatic heterocycles. The van der Waals surface area contributed by atoms with Crippen LogP contribution in [0.3, 0.4) is 0 Å². The van der Waals surface area contributed by atoms with E-state index in [0.29, 0.717) is 11.8 Å². The maximum atomic E-state index is 4.69. The molecule has 1 aromatic carbocycles. The molecule has 0 saturated carbocycles. The van der Waals surface area contributed by atoms with Gasteiger partial charge in [-0.05, 0) is 61.3 Å². The second-order valence-corrected chi connectivity index (χ2v) is 6.76. The first-order chi connectivity index (χ1) is 11.6. The van der Waals surface area contributed by atoms with Crippen LogP contribution < -0.4 is 0 Å². The van der Waals surface area contributed by atoms with E-state index in [0.717, 1.165) is 12.0 Å². The highest BCUT2D eigenvalue weighted by Crippen LogP contribution is 2.27. The van der Waals surface area contributed by atoms with Crippen LogP contribution in [0, 0.1) is 11.8 Å². The standard InChI is InChI=1S/C23H29N/c1-6-9-19(7-2)21-11-10-20(8-3)22(16-21)23-15-18(12-13-24-23)14-17(4)5/h6-13,16-18H,3,14-15H2,1-2,4-5H3/b9-6-,19-7+. The zero-order chi connectivity index (χ0) is 17.5. The fourth-order valence-corrected chi connectivity index (χ4v) is 3.27. The minimum atomic E-state index is 0.579. The summed E-state index contributed by atoms with van der Waals surface area (Å²) in [5, 5.41) is 0. The lowest BCUT2D eigenvalue weighted by molar-refractivity contribution is 0.483. The van der Waals surface area contributed by atoms with Gasteiger partial charge in [0.25, 0.3) is 0 Å². The first-order valence-electron chi connectivity index (χ1n) is 8.88. The molecule has 0 spiro atoms. The smallest absolute Gasteiger partial charge is 0.0487 e. The van der Waals surface area contributed by atoms with Gasteiger partial charge in [-0.25, -0.2) is 0 Å². The third-order valence-corrected chi connectivity index (χ3v) is 4.39. The van der Waals surface area contributed by atoms with Gasteiger partial charge in [0.2, 0.25) is 0 Å². The molecule has 0 saturated heterocycles. The van der Waals surface area contributed by atoms with Crippen LogP contribution in [-0.4, -0.2) is 5.71 Å². The van der Waals surface area contributed by atoms with Crippen molar-refractivity contribution in [2.24, 2.45) is 16.8 Å². The van der Waals surface area contributed by atoms with E-state index in [2.05, 4.69) is 81.8 Å².